The van der Waals surface area contributed by atoms with Crippen molar-refractivity contribution in [2.24, 2.45) is 5.73 Å². The monoisotopic (exact) mass is 788 g/mol. The van der Waals surface area contributed by atoms with Crippen molar-refractivity contribution in [1.82, 2.24) is 24.2 Å². The molecule has 1 unspecified atom stereocenters. The Morgan fingerprint density at radius 3 is 2.46 bits per heavy atom. The molecule has 1 amide bonds. The number of nitrogens with two attached hydrogens (primary N) is 1. The Hall–Kier alpha value is -3.43. The molecule has 3 heterocycles. The summed E-state index contributed by atoms with van der Waals surface area (Å²) in [7, 11) is -5.98. The van der Waals surface area contributed by atoms with E-state index < -0.39 is 49.0 Å². The van der Waals surface area contributed by atoms with E-state index in [4.69, 9.17) is 29.0 Å². The molecule has 50 heavy (non-hydrogen) atoms. The van der Waals surface area contributed by atoms with Crippen molar-refractivity contribution < 1.29 is 31.2 Å². The van der Waals surface area contributed by atoms with Gasteiger partial charge in [-0.3, -0.25) is 13.5 Å². The van der Waals surface area contributed by atoms with Gasteiger partial charge >= 0.3 is 0 Å². The highest BCUT2D eigenvalue weighted by atomic mass is 79.9. The molecule has 5 atom stereocenters. The van der Waals surface area contributed by atoms with Crippen LogP contribution < -0.4 is 11.1 Å². The number of nitrogens with zero attached hydrogens (tertiary/aromatic N) is 6. The van der Waals surface area contributed by atoms with Crippen molar-refractivity contribution in [2.45, 2.75) is 75.6 Å². The zero-order valence-electron chi connectivity index (χ0n) is 27.8. The molecule has 2 aromatic heterocycles. The van der Waals surface area contributed by atoms with E-state index in [2.05, 4.69) is 46.9 Å². The van der Waals surface area contributed by atoms with Gasteiger partial charge in [0.05, 0.1) is 43.0 Å². The number of aromatic nitrogens is 4. The second-order valence-electron chi connectivity index (χ2n) is 11.8. The first-order chi connectivity index (χ1) is 23.9. The zero-order valence-corrected chi connectivity index (χ0v) is 31.1. The predicted molar refractivity (Wildman–Crippen MR) is 189 cm³/mol. The van der Waals surface area contributed by atoms with Crippen molar-refractivity contribution in [1.29, 1.82) is 5.26 Å². The molecule has 0 saturated carbocycles. The van der Waals surface area contributed by atoms with Crippen molar-refractivity contribution in [2.75, 3.05) is 18.5 Å². The molecule has 0 aliphatic carbocycles. The second kappa shape index (κ2) is 16.7. The smallest absolute Gasteiger partial charge is 0.297 e. The molecular formula is C32H38BrN8O7PS. The average molecular weight is 790 g/mol. The van der Waals surface area contributed by atoms with Gasteiger partial charge in [0.25, 0.3) is 24.6 Å². The van der Waals surface area contributed by atoms with E-state index in [1.165, 1.54) is 29.4 Å². The maximum atomic E-state index is 13.6. The Balaban J connectivity index is 1.46. The van der Waals surface area contributed by atoms with Gasteiger partial charge in [0.15, 0.2) is 23.2 Å². The van der Waals surface area contributed by atoms with Gasteiger partial charge in [-0.05, 0) is 64.1 Å². The molecule has 0 radical (unpaired) electrons. The summed E-state index contributed by atoms with van der Waals surface area (Å²) in [6.45, 7) is 8.14. The Morgan fingerprint density at radius 2 is 1.80 bits per heavy atom. The van der Waals surface area contributed by atoms with Gasteiger partial charge in [0, 0.05) is 22.1 Å². The van der Waals surface area contributed by atoms with Crippen LogP contribution in [0.15, 0.2) is 76.6 Å². The lowest BCUT2D eigenvalue weighted by molar-refractivity contribution is -0.0414. The van der Waals surface area contributed by atoms with E-state index in [9.17, 15) is 13.2 Å². The number of carbonyl (C=O) groups excluding carboxylic acids is 1. The Bertz CT molecular complexity index is 1900. The first-order valence-electron chi connectivity index (χ1n) is 15.8. The van der Waals surface area contributed by atoms with E-state index in [0.717, 1.165) is 0 Å². The molecule has 2 aromatic carbocycles. The Morgan fingerprint density at radius 1 is 1.10 bits per heavy atom. The number of hydrogen-bond donors (Lipinski definition) is 2. The van der Waals surface area contributed by atoms with Gasteiger partial charge in [0.2, 0.25) is 0 Å². The first-order valence-corrected chi connectivity index (χ1v) is 19.1. The van der Waals surface area contributed by atoms with Crippen LogP contribution in [-0.4, -0.2) is 82.1 Å². The summed E-state index contributed by atoms with van der Waals surface area (Å²) in [5.41, 5.74) is 7.62. The van der Waals surface area contributed by atoms with Crippen molar-refractivity contribution in [3.05, 3.63) is 77.3 Å². The lowest BCUT2D eigenvalue weighted by Gasteiger charge is -2.36. The maximum absolute atomic E-state index is 13.6. The Labute approximate surface area is 300 Å². The molecule has 5 rings (SSSR count). The highest BCUT2D eigenvalue weighted by Gasteiger charge is 2.48. The fraction of sp³-hybridized carbons (Fsp3) is 0.406. The summed E-state index contributed by atoms with van der Waals surface area (Å²) >= 11 is 3.32. The number of halogens is 1. The molecule has 3 N–H and O–H groups in total. The van der Waals surface area contributed by atoms with Crippen molar-refractivity contribution >= 4 is 57.5 Å². The van der Waals surface area contributed by atoms with Gasteiger partial charge in [-0.25, -0.2) is 19.6 Å². The molecule has 0 bridgehead atoms. The number of hydrogen-bond acceptors (Lipinski definition) is 13. The second-order valence-corrected chi connectivity index (χ2v) is 15.8. The summed E-state index contributed by atoms with van der Waals surface area (Å²) in [4.78, 5) is 25.9. The lowest BCUT2D eigenvalue weighted by atomic mass is 10.1. The molecule has 15 nitrogen and oxygen atoms in total. The normalized spacial score (nSPS) is 20.1. The van der Waals surface area contributed by atoms with Gasteiger partial charge < -0.3 is 24.8 Å². The number of anilines is 1. The van der Waals surface area contributed by atoms with E-state index >= 15 is 0 Å². The number of fused-ring (bicyclic) bond motifs is 1. The van der Waals surface area contributed by atoms with Gasteiger partial charge in [-0.15, -0.1) is 0 Å². The Kier molecular flexibility index (Phi) is 12.6. The fourth-order valence-corrected chi connectivity index (χ4v) is 8.37. The van der Waals surface area contributed by atoms with Crippen LogP contribution in [0.3, 0.4) is 0 Å². The third kappa shape index (κ3) is 8.71. The van der Waals surface area contributed by atoms with Crippen LogP contribution in [0.4, 0.5) is 5.82 Å². The molecular weight excluding hydrogens is 751 g/mol. The zero-order chi connectivity index (χ0) is 36.0. The highest BCUT2D eigenvalue weighted by Crippen LogP contribution is 2.47. The molecule has 4 aromatic rings. The number of benzene rings is 2. The van der Waals surface area contributed by atoms with Crippen LogP contribution in [0.2, 0.25) is 0 Å². The lowest BCUT2D eigenvalue weighted by Crippen LogP contribution is -2.44. The molecule has 1 saturated heterocycles. The molecule has 1 fully saturated rings. The summed E-state index contributed by atoms with van der Waals surface area (Å²) < 4.78 is 56.0. The predicted octanol–water partition coefficient (Wildman–Crippen LogP) is 5.13. The average Bonchev–Trinajstić information content (AvgIpc) is 3.64. The number of imidazole rings is 1. The van der Waals surface area contributed by atoms with Crippen LogP contribution >= 0.6 is 24.5 Å². The maximum Gasteiger partial charge on any atom is 0.297 e. The topological polar surface area (TPSA) is 197 Å². The number of nitrogens with one attached hydrogen (secondary N) is 1. The number of rotatable bonds is 15. The van der Waals surface area contributed by atoms with Gasteiger partial charge in [-0.2, -0.15) is 13.7 Å². The fourth-order valence-electron chi connectivity index (χ4n) is 5.39. The third-order valence-corrected chi connectivity index (χ3v) is 11.6. The number of nitriles is 1. The number of carbonyl (C=O) groups is 1. The number of amides is 1. The van der Waals surface area contributed by atoms with Gasteiger partial charge in [-0.1, -0.05) is 34.1 Å². The minimum Gasteiger partial charge on any atom is -0.348 e. The molecule has 266 valence electrons. The van der Waals surface area contributed by atoms with Gasteiger partial charge in [0.1, 0.15) is 18.5 Å². The summed E-state index contributed by atoms with van der Waals surface area (Å²) in [5.74, 6) is -0.254. The minimum absolute atomic E-state index is 0.0508. The van der Waals surface area contributed by atoms with E-state index in [-0.39, 0.29) is 53.6 Å². The van der Waals surface area contributed by atoms with Crippen LogP contribution in [0.1, 0.15) is 50.7 Å². The van der Waals surface area contributed by atoms with Crippen LogP contribution in [0.25, 0.3) is 11.2 Å². The van der Waals surface area contributed by atoms with E-state index in [1.54, 1.807) is 42.5 Å². The van der Waals surface area contributed by atoms with Crippen molar-refractivity contribution in [3.8, 4) is 6.07 Å². The van der Waals surface area contributed by atoms with Crippen LogP contribution in [-0.2, 0) is 28.1 Å². The summed E-state index contributed by atoms with van der Waals surface area (Å²) in [5, 5.41) is 11.8. The van der Waals surface area contributed by atoms with Crippen LogP contribution in [0, 0.1) is 11.3 Å². The summed E-state index contributed by atoms with van der Waals surface area (Å²) in [6.07, 6.45) is -0.433. The van der Waals surface area contributed by atoms with E-state index in [0.29, 0.717) is 10.0 Å². The highest BCUT2D eigenvalue weighted by molar-refractivity contribution is 9.10. The standard InChI is InChI=1S/C32H38BrN8O7PS/c1-20(2)41(21(3)4)49(45-16-8-15-34)46-17-25-26(35)28(48-50(43,44)24-13-11-23(33)12-14-24)32(47-25)40-19-38-27-29(36-18-37-30(27)40)39-31(42)22-9-6-5-7-10-22/h5-7,9-14,18-21,25-26,28,32H,8,16-17,35H2,1-4H3,(H,36,37,39,42)/t25-,26-,28-,32-,49?/m1/s1. The first kappa shape index (κ1) is 37.8. The van der Waals surface area contributed by atoms with Crippen LogP contribution in [0.5, 0.6) is 0 Å². The molecule has 18 heteroatoms. The quantitative estimate of drug-likeness (QED) is 0.0914. The summed E-state index contributed by atoms with van der Waals surface area (Å²) in [6, 6.07) is 15.8. The van der Waals surface area contributed by atoms with E-state index in [1.807, 2.05) is 27.7 Å². The minimum atomic E-state index is -4.34. The largest absolute Gasteiger partial charge is 0.348 e. The SMILES string of the molecule is CC(C)N(C(C)C)P(OCCC#N)OC[C@H]1O[C@@H](n2cnc3c(NC(=O)c4ccccc4)ncnc32)[C@H](OS(=O)(=O)c2ccc(Br)cc2)[C@@H]1N. The van der Waals surface area contributed by atoms with Crippen molar-refractivity contribution in [3.63, 3.8) is 0 Å². The molecule has 1 aliphatic rings. The number of ether oxygens (including phenoxy) is 1. The molecule has 0 spiro atoms. The third-order valence-electron chi connectivity index (χ3n) is 7.66. The molecule has 1 aliphatic heterocycles.